The van der Waals surface area contributed by atoms with Crippen LogP contribution < -0.4 is 9.47 Å². The van der Waals surface area contributed by atoms with E-state index in [2.05, 4.69) is 4.90 Å². The minimum Gasteiger partial charge on any atom is -0.454 e. The van der Waals surface area contributed by atoms with Crippen LogP contribution in [0.3, 0.4) is 0 Å². The second-order valence-electron chi connectivity index (χ2n) is 4.61. The Labute approximate surface area is 106 Å². The predicted molar refractivity (Wildman–Crippen MR) is 64.7 cm³/mol. The van der Waals surface area contributed by atoms with Crippen LogP contribution >= 0.6 is 0 Å². The number of aliphatic hydroxyl groups is 1. The van der Waals surface area contributed by atoms with Crippen molar-refractivity contribution in [3.63, 3.8) is 0 Å². The molecule has 1 aromatic carbocycles. The number of aliphatic hydroxyl groups excluding tert-OH is 1. The Morgan fingerprint density at radius 2 is 2.28 bits per heavy atom. The van der Waals surface area contributed by atoms with Gasteiger partial charge in [-0.05, 0) is 6.07 Å². The summed E-state index contributed by atoms with van der Waals surface area (Å²) in [6, 6.07) is 5.91. The molecule has 1 aromatic rings. The maximum Gasteiger partial charge on any atom is 0.231 e. The van der Waals surface area contributed by atoms with Crippen molar-refractivity contribution in [1.82, 2.24) is 4.90 Å². The van der Waals surface area contributed by atoms with Crippen molar-refractivity contribution in [2.24, 2.45) is 0 Å². The summed E-state index contributed by atoms with van der Waals surface area (Å²) in [5.41, 5.74) is 1.10. The van der Waals surface area contributed by atoms with Crippen LogP contribution in [0.5, 0.6) is 11.5 Å². The van der Waals surface area contributed by atoms with Gasteiger partial charge in [0.2, 0.25) is 6.79 Å². The lowest BCUT2D eigenvalue weighted by molar-refractivity contribution is 0.0562. The van der Waals surface area contributed by atoms with Crippen LogP contribution in [0.25, 0.3) is 0 Å². The molecular formula is C13H17NO4. The first kappa shape index (κ1) is 11.8. The van der Waals surface area contributed by atoms with E-state index in [1.54, 1.807) is 0 Å². The topological polar surface area (TPSA) is 51.2 Å². The third-order valence-corrected chi connectivity index (χ3v) is 3.20. The minimum absolute atomic E-state index is 0.290. The quantitative estimate of drug-likeness (QED) is 0.834. The van der Waals surface area contributed by atoms with E-state index < -0.39 is 6.10 Å². The van der Waals surface area contributed by atoms with E-state index in [9.17, 15) is 5.11 Å². The zero-order chi connectivity index (χ0) is 12.4. The monoisotopic (exact) mass is 251 g/mol. The SMILES string of the molecule is O[C@H]1COCCN(Cc2cccc3c2OCO3)C1. The maximum atomic E-state index is 9.71. The number of nitrogens with zero attached hydrogens (tertiary/aromatic N) is 1. The van der Waals surface area contributed by atoms with Crippen LogP contribution in [-0.2, 0) is 11.3 Å². The van der Waals surface area contributed by atoms with Gasteiger partial charge in [0, 0.05) is 25.2 Å². The first-order chi connectivity index (χ1) is 8.83. The first-order valence-electron chi connectivity index (χ1n) is 6.18. The van der Waals surface area contributed by atoms with E-state index >= 15 is 0 Å². The van der Waals surface area contributed by atoms with E-state index in [0.717, 1.165) is 30.2 Å². The normalized spacial score (nSPS) is 23.9. The lowest BCUT2D eigenvalue weighted by Crippen LogP contribution is -2.32. The Kier molecular flexibility index (Phi) is 3.36. The third kappa shape index (κ3) is 2.43. The number of ether oxygens (including phenoxy) is 3. The van der Waals surface area contributed by atoms with Crippen LogP contribution in [0.2, 0.25) is 0 Å². The smallest absolute Gasteiger partial charge is 0.231 e. The Morgan fingerprint density at radius 1 is 1.33 bits per heavy atom. The average molecular weight is 251 g/mol. The second kappa shape index (κ2) is 5.14. The fourth-order valence-corrected chi connectivity index (χ4v) is 2.35. The van der Waals surface area contributed by atoms with Gasteiger partial charge >= 0.3 is 0 Å². The van der Waals surface area contributed by atoms with Crippen LogP contribution in [0.1, 0.15) is 5.56 Å². The van der Waals surface area contributed by atoms with Gasteiger partial charge in [-0.25, -0.2) is 0 Å². The van der Waals surface area contributed by atoms with E-state index in [0.29, 0.717) is 19.8 Å². The van der Waals surface area contributed by atoms with E-state index in [4.69, 9.17) is 14.2 Å². The molecule has 1 atom stereocenters. The Hall–Kier alpha value is -1.30. The van der Waals surface area contributed by atoms with Gasteiger partial charge in [-0.1, -0.05) is 12.1 Å². The molecule has 5 heteroatoms. The summed E-state index contributed by atoms with van der Waals surface area (Å²) in [6.07, 6.45) is -0.415. The summed E-state index contributed by atoms with van der Waals surface area (Å²) in [5, 5.41) is 9.71. The summed E-state index contributed by atoms with van der Waals surface area (Å²) in [7, 11) is 0. The van der Waals surface area contributed by atoms with Gasteiger partial charge in [0.25, 0.3) is 0 Å². The Morgan fingerprint density at radius 3 is 3.22 bits per heavy atom. The molecule has 0 aromatic heterocycles. The molecule has 2 heterocycles. The molecule has 0 aliphatic carbocycles. The third-order valence-electron chi connectivity index (χ3n) is 3.20. The number of fused-ring (bicyclic) bond motifs is 1. The van der Waals surface area contributed by atoms with Crippen molar-refractivity contribution >= 4 is 0 Å². The maximum absolute atomic E-state index is 9.71. The van der Waals surface area contributed by atoms with E-state index in [1.807, 2.05) is 18.2 Å². The fourth-order valence-electron chi connectivity index (χ4n) is 2.35. The predicted octanol–water partition coefficient (Wildman–Crippen LogP) is 0.608. The molecule has 0 saturated carbocycles. The highest BCUT2D eigenvalue weighted by Crippen LogP contribution is 2.35. The standard InChI is InChI=1S/C13H17NO4/c15-11-7-14(4-5-16-8-11)6-10-2-1-3-12-13(10)18-9-17-12/h1-3,11,15H,4-9H2/t11-/m1/s1. The Bertz CT molecular complexity index is 423. The molecule has 2 aliphatic rings. The van der Waals surface area contributed by atoms with Gasteiger partial charge in [0.15, 0.2) is 11.5 Å². The number of benzene rings is 1. The summed E-state index contributed by atoms with van der Waals surface area (Å²) >= 11 is 0. The van der Waals surface area contributed by atoms with E-state index in [-0.39, 0.29) is 6.79 Å². The first-order valence-corrected chi connectivity index (χ1v) is 6.18. The van der Waals surface area contributed by atoms with Gasteiger partial charge in [0.1, 0.15) is 0 Å². The lowest BCUT2D eigenvalue weighted by Gasteiger charge is -2.21. The number of β-amino-alcohol motifs (C(OH)–C–C–N with tert-alkyl or cyclic N) is 1. The molecular weight excluding hydrogens is 234 g/mol. The molecule has 98 valence electrons. The lowest BCUT2D eigenvalue weighted by atomic mass is 10.1. The second-order valence-corrected chi connectivity index (χ2v) is 4.61. The van der Waals surface area contributed by atoms with E-state index in [1.165, 1.54) is 0 Å². The molecule has 18 heavy (non-hydrogen) atoms. The summed E-state index contributed by atoms with van der Waals surface area (Å²) in [5.74, 6) is 1.64. The molecule has 3 rings (SSSR count). The minimum atomic E-state index is -0.415. The molecule has 1 fully saturated rings. The highest BCUT2D eigenvalue weighted by molar-refractivity contribution is 5.48. The Balaban J connectivity index is 1.74. The molecule has 5 nitrogen and oxygen atoms in total. The fraction of sp³-hybridized carbons (Fsp3) is 0.538. The van der Waals surface area contributed by atoms with Crippen molar-refractivity contribution in [3.05, 3.63) is 23.8 Å². The number of para-hydroxylation sites is 1. The van der Waals surface area contributed by atoms with Gasteiger partial charge in [0.05, 0.1) is 19.3 Å². The largest absolute Gasteiger partial charge is 0.454 e. The van der Waals surface area contributed by atoms with Crippen molar-refractivity contribution in [1.29, 1.82) is 0 Å². The molecule has 1 saturated heterocycles. The van der Waals surface area contributed by atoms with Crippen LogP contribution in [0.15, 0.2) is 18.2 Å². The van der Waals surface area contributed by atoms with Gasteiger partial charge in [-0.15, -0.1) is 0 Å². The molecule has 0 unspecified atom stereocenters. The number of hydrogen-bond acceptors (Lipinski definition) is 5. The molecule has 0 bridgehead atoms. The summed E-state index contributed by atoms with van der Waals surface area (Å²) in [4.78, 5) is 2.18. The van der Waals surface area contributed by atoms with Crippen LogP contribution in [0.4, 0.5) is 0 Å². The molecule has 0 radical (unpaired) electrons. The average Bonchev–Trinajstić information content (AvgIpc) is 2.75. The van der Waals surface area contributed by atoms with Gasteiger partial charge < -0.3 is 19.3 Å². The highest BCUT2D eigenvalue weighted by atomic mass is 16.7. The molecule has 2 aliphatic heterocycles. The van der Waals surface area contributed by atoms with Crippen molar-refractivity contribution in [3.8, 4) is 11.5 Å². The van der Waals surface area contributed by atoms with Crippen LogP contribution in [0, 0.1) is 0 Å². The molecule has 0 amide bonds. The zero-order valence-electron chi connectivity index (χ0n) is 10.2. The molecule has 1 N–H and O–H groups in total. The van der Waals surface area contributed by atoms with Crippen LogP contribution in [-0.4, -0.2) is 49.2 Å². The van der Waals surface area contributed by atoms with Crippen molar-refractivity contribution in [2.75, 3.05) is 33.1 Å². The summed E-state index contributed by atoms with van der Waals surface area (Å²) < 4.78 is 16.2. The summed E-state index contributed by atoms with van der Waals surface area (Å²) in [6.45, 7) is 3.56. The van der Waals surface area contributed by atoms with Crippen molar-refractivity contribution in [2.45, 2.75) is 12.6 Å². The van der Waals surface area contributed by atoms with Gasteiger partial charge in [-0.3, -0.25) is 4.90 Å². The number of hydrogen-bond donors (Lipinski definition) is 1. The molecule has 0 spiro atoms. The van der Waals surface area contributed by atoms with Crippen molar-refractivity contribution < 1.29 is 19.3 Å². The number of rotatable bonds is 2. The van der Waals surface area contributed by atoms with Gasteiger partial charge in [-0.2, -0.15) is 0 Å². The zero-order valence-corrected chi connectivity index (χ0v) is 10.2. The highest BCUT2D eigenvalue weighted by Gasteiger charge is 2.21.